The van der Waals surface area contributed by atoms with E-state index in [4.69, 9.17) is 5.11 Å². The summed E-state index contributed by atoms with van der Waals surface area (Å²) >= 11 is 0. The average molecular weight is 363 g/mol. The molecule has 0 unspecified atom stereocenters. The Hall–Kier alpha value is -2.09. The van der Waals surface area contributed by atoms with Crippen LogP contribution in [0.1, 0.15) is 51.1 Å². The Morgan fingerprint density at radius 3 is 2.65 bits per heavy atom. The minimum absolute atomic E-state index is 0.0908. The first-order valence-corrected chi connectivity index (χ1v) is 9.38. The summed E-state index contributed by atoms with van der Waals surface area (Å²) in [7, 11) is 1.84. The van der Waals surface area contributed by atoms with Crippen LogP contribution in [0.25, 0.3) is 0 Å². The Morgan fingerprint density at radius 1 is 1.38 bits per heavy atom. The average Bonchev–Trinajstić information content (AvgIpc) is 3.23. The monoisotopic (exact) mass is 363 g/mol. The fraction of sp³-hybridized carbons (Fsp3) is 0.722. The molecule has 0 atom stereocenters. The zero-order valence-corrected chi connectivity index (χ0v) is 15.7. The Balaban J connectivity index is 1.47. The Kier molecular flexibility index (Phi) is 5.50. The summed E-state index contributed by atoms with van der Waals surface area (Å²) in [5.74, 6) is 0.105. The van der Waals surface area contributed by atoms with Crippen LogP contribution in [-0.4, -0.2) is 57.0 Å². The molecule has 2 saturated carbocycles. The Bertz CT molecular complexity index is 662. The molecule has 8 nitrogen and oxygen atoms in total. The summed E-state index contributed by atoms with van der Waals surface area (Å²) in [6.07, 6.45) is 5.82. The highest BCUT2D eigenvalue weighted by Crippen LogP contribution is 2.33. The van der Waals surface area contributed by atoms with Crippen molar-refractivity contribution in [3.05, 3.63) is 11.9 Å². The third kappa shape index (κ3) is 4.75. The predicted octanol–water partition coefficient (Wildman–Crippen LogP) is 1.99. The number of aromatic nitrogens is 2. The van der Waals surface area contributed by atoms with Crippen molar-refractivity contribution < 1.29 is 14.7 Å². The molecular weight excluding hydrogens is 334 g/mol. The molecule has 2 aliphatic carbocycles. The molecule has 2 amide bonds. The molecule has 144 valence electrons. The van der Waals surface area contributed by atoms with E-state index in [0.717, 1.165) is 30.8 Å². The molecule has 1 heterocycles. The molecule has 2 fully saturated rings. The first kappa shape index (κ1) is 18.7. The van der Waals surface area contributed by atoms with Crippen molar-refractivity contribution in [3.63, 3.8) is 0 Å². The van der Waals surface area contributed by atoms with Gasteiger partial charge in [-0.2, -0.15) is 5.10 Å². The lowest BCUT2D eigenvalue weighted by Crippen LogP contribution is -2.55. The van der Waals surface area contributed by atoms with Crippen LogP contribution in [0, 0.1) is 5.92 Å². The minimum Gasteiger partial charge on any atom is -0.480 e. The smallest absolute Gasteiger partial charge is 0.319 e. The van der Waals surface area contributed by atoms with Crippen molar-refractivity contribution in [3.8, 4) is 0 Å². The number of aliphatic carboxylic acids is 1. The van der Waals surface area contributed by atoms with Gasteiger partial charge in [-0.15, -0.1) is 0 Å². The number of carbonyl (C=O) groups excluding carboxylic acids is 1. The number of urea groups is 1. The van der Waals surface area contributed by atoms with Crippen molar-refractivity contribution in [1.29, 1.82) is 0 Å². The maximum absolute atomic E-state index is 12.3. The van der Waals surface area contributed by atoms with Crippen LogP contribution >= 0.6 is 0 Å². The van der Waals surface area contributed by atoms with Gasteiger partial charge in [0.1, 0.15) is 0 Å². The first-order valence-electron chi connectivity index (χ1n) is 9.38. The van der Waals surface area contributed by atoms with Crippen molar-refractivity contribution in [2.45, 2.75) is 57.5 Å². The van der Waals surface area contributed by atoms with Crippen LogP contribution in [0.4, 0.5) is 10.5 Å². The number of hydrogen-bond acceptors (Lipinski definition) is 4. The van der Waals surface area contributed by atoms with E-state index >= 15 is 0 Å². The van der Waals surface area contributed by atoms with Crippen molar-refractivity contribution in [2.75, 3.05) is 18.4 Å². The second-order valence-electron chi connectivity index (χ2n) is 7.94. The molecule has 1 aromatic heterocycles. The summed E-state index contributed by atoms with van der Waals surface area (Å²) in [5, 5.41) is 19.4. The second kappa shape index (κ2) is 7.65. The van der Waals surface area contributed by atoms with Crippen molar-refractivity contribution in [1.82, 2.24) is 20.0 Å². The van der Waals surface area contributed by atoms with E-state index in [1.165, 1.54) is 12.8 Å². The third-order valence-corrected chi connectivity index (χ3v) is 5.15. The van der Waals surface area contributed by atoms with Gasteiger partial charge in [0.05, 0.1) is 17.9 Å². The molecular formula is C18H29N5O3. The summed E-state index contributed by atoms with van der Waals surface area (Å²) in [6.45, 7) is 5.04. The number of anilines is 1. The minimum atomic E-state index is -0.780. The van der Waals surface area contributed by atoms with Crippen molar-refractivity contribution in [2.24, 2.45) is 13.0 Å². The zero-order chi connectivity index (χ0) is 18.8. The number of amides is 2. The summed E-state index contributed by atoms with van der Waals surface area (Å²) in [6, 6.07) is 0.117. The number of carboxylic acid groups (broad SMARTS) is 1. The molecule has 2 aliphatic rings. The number of hydrogen-bond donors (Lipinski definition) is 3. The van der Waals surface area contributed by atoms with E-state index in [-0.39, 0.29) is 30.6 Å². The molecule has 1 aromatic rings. The van der Waals surface area contributed by atoms with Gasteiger partial charge in [-0.1, -0.05) is 13.8 Å². The van der Waals surface area contributed by atoms with Gasteiger partial charge in [0.15, 0.2) is 0 Å². The number of carbonyl (C=O) groups is 2. The van der Waals surface area contributed by atoms with Gasteiger partial charge in [-0.25, -0.2) is 4.79 Å². The SMILES string of the molecule is CC(C)c1nn(C)cc1NC(=O)NC1CC(N(CC(=O)O)CC2CC2)C1. The Labute approximate surface area is 153 Å². The topological polar surface area (TPSA) is 99.5 Å². The van der Waals surface area contributed by atoms with Crippen LogP contribution in [-0.2, 0) is 11.8 Å². The number of carboxylic acids is 1. The van der Waals surface area contributed by atoms with Gasteiger partial charge in [-0.3, -0.25) is 14.4 Å². The highest BCUT2D eigenvalue weighted by atomic mass is 16.4. The molecule has 0 aliphatic heterocycles. The van der Waals surface area contributed by atoms with Gasteiger partial charge in [0.25, 0.3) is 0 Å². The highest BCUT2D eigenvalue weighted by Gasteiger charge is 2.37. The van der Waals surface area contributed by atoms with E-state index < -0.39 is 5.97 Å². The van der Waals surface area contributed by atoms with E-state index in [9.17, 15) is 9.59 Å². The number of nitrogens with zero attached hydrogens (tertiary/aromatic N) is 3. The predicted molar refractivity (Wildman–Crippen MR) is 98.2 cm³/mol. The van der Waals surface area contributed by atoms with Crippen LogP contribution in [0.2, 0.25) is 0 Å². The van der Waals surface area contributed by atoms with Crippen LogP contribution in [0.5, 0.6) is 0 Å². The maximum Gasteiger partial charge on any atom is 0.319 e. The van der Waals surface area contributed by atoms with Gasteiger partial charge >= 0.3 is 12.0 Å². The van der Waals surface area contributed by atoms with E-state index in [1.54, 1.807) is 4.68 Å². The van der Waals surface area contributed by atoms with E-state index in [1.807, 2.05) is 27.1 Å². The van der Waals surface area contributed by atoms with Crippen LogP contribution < -0.4 is 10.6 Å². The lowest BCUT2D eigenvalue weighted by Gasteiger charge is -2.42. The van der Waals surface area contributed by atoms with Gasteiger partial charge < -0.3 is 15.7 Å². The molecule has 8 heteroatoms. The maximum atomic E-state index is 12.3. The molecule has 3 N–H and O–H groups in total. The van der Waals surface area contributed by atoms with Gasteiger partial charge in [-0.05, 0) is 37.5 Å². The molecule has 0 bridgehead atoms. The van der Waals surface area contributed by atoms with Crippen LogP contribution in [0.3, 0.4) is 0 Å². The number of aryl methyl sites for hydroxylation is 1. The zero-order valence-electron chi connectivity index (χ0n) is 15.7. The molecule has 0 aromatic carbocycles. The van der Waals surface area contributed by atoms with Gasteiger partial charge in [0.2, 0.25) is 0 Å². The number of rotatable bonds is 8. The lowest BCUT2D eigenvalue weighted by atomic mass is 9.85. The highest BCUT2D eigenvalue weighted by molar-refractivity contribution is 5.90. The molecule has 0 saturated heterocycles. The van der Waals surface area contributed by atoms with E-state index in [0.29, 0.717) is 5.92 Å². The fourth-order valence-corrected chi connectivity index (χ4v) is 3.52. The quantitative estimate of drug-likeness (QED) is 0.656. The molecule has 3 rings (SSSR count). The lowest BCUT2D eigenvalue weighted by molar-refractivity contribution is -0.139. The fourth-order valence-electron chi connectivity index (χ4n) is 3.52. The second-order valence-corrected chi connectivity index (χ2v) is 7.94. The third-order valence-electron chi connectivity index (χ3n) is 5.15. The van der Waals surface area contributed by atoms with Crippen LogP contribution in [0.15, 0.2) is 6.20 Å². The molecule has 0 radical (unpaired) electrons. The first-order chi connectivity index (χ1) is 12.3. The van der Waals surface area contributed by atoms with E-state index in [2.05, 4.69) is 20.6 Å². The largest absolute Gasteiger partial charge is 0.480 e. The molecule has 0 spiro atoms. The summed E-state index contributed by atoms with van der Waals surface area (Å²) < 4.78 is 1.70. The standard InChI is InChI=1S/C18H29N5O3/c1-11(2)17-15(9-22(3)21-17)20-18(26)19-13-6-14(7-13)23(10-16(24)25)8-12-4-5-12/h9,11-14H,4-8,10H2,1-3H3,(H,24,25)(H2,19,20,26). The number of nitrogens with one attached hydrogen (secondary N) is 2. The summed E-state index contributed by atoms with van der Waals surface area (Å²) in [4.78, 5) is 25.4. The van der Waals surface area contributed by atoms with Gasteiger partial charge in [0, 0.05) is 31.9 Å². The Morgan fingerprint density at radius 2 is 2.08 bits per heavy atom. The van der Waals surface area contributed by atoms with Crippen molar-refractivity contribution >= 4 is 17.7 Å². The molecule has 26 heavy (non-hydrogen) atoms. The summed E-state index contributed by atoms with van der Waals surface area (Å²) in [5.41, 5.74) is 1.60. The normalized spacial score (nSPS) is 22.3.